The smallest absolute Gasteiger partial charge is 0.266 e. The normalized spacial score (nSPS) is 12.6. The average Bonchev–Trinajstić information content (AvgIpc) is 3.49. The maximum atomic E-state index is 13.5. The van der Waals surface area contributed by atoms with Gasteiger partial charge in [-0.2, -0.15) is 8.42 Å². The molecule has 46 heavy (non-hydrogen) atoms. The minimum atomic E-state index is -4.17. The Hall–Kier alpha value is -4.31. The van der Waals surface area contributed by atoms with Gasteiger partial charge in [0.05, 0.1) is 11.4 Å². The predicted octanol–water partition coefficient (Wildman–Crippen LogP) is 8.09. The summed E-state index contributed by atoms with van der Waals surface area (Å²) in [5.74, 6) is -0.964. The van der Waals surface area contributed by atoms with Gasteiger partial charge in [-0.25, -0.2) is 4.39 Å². The number of carbonyl (C=O) groups is 1. The monoisotopic (exact) mass is 660 g/mol. The van der Waals surface area contributed by atoms with E-state index in [0.717, 1.165) is 27.8 Å². The zero-order valence-electron chi connectivity index (χ0n) is 25.6. The fraction of sp³-hybridized carbons (Fsp3) is 0.222. The van der Waals surface area contributed by atoms with Crippen molar-refractivity contribution < 1.29 is 26.7 Å². The van der Waals surface area contributed by atoms with Crippen LogP contribution in [-0.4, -0.2) is 36.3 Å². The van der Waals surface area contributed by atoms with Crippen LogP contribution in [0, 0.1) is 5.82 Å². The van der Waals surface area contributed by atoms with Gasteiger partial charge in [0.2, 0.25) is 0 Å². The third-order valence-electron chi connectivity index (χ3n) is 7.73. The second kappa shape index (κ2) is 13.6. The molecule has 5 aromatic rings. The fourth-order valence-corrected chi connectivity index (χ4v) is 5.76. The van der Waals surface area contributed by atoms with Crippen LogP contribution in [0.4, 0.5) is 4.39 Å². The largest absolute Gasteiger partial charge is 0.356 e. The Bertz CT molecular complexity index is 1930. The summed E-state index contributed by atoms with van der Waals surface area (Å²) in [6.45, 7) is 6.29. The van der Waals surface area contributed by atoms with Gasteiger partial charge in [0.1, 0.15) is 5.82 Å². The minimum Gasteiger partial charge on any atom is -0.356 e. The highest BCUT2D eigenvalue weighted by molar-refractivity contribution is 7.85. The molecule has 1 atom stereocenters. The van der Waals surface area contributed by atoms with Crippen molar-refractivity contribution in [1.82, 2.24) is 10.5 Å². The highest BCUT2D eigenvalue weighted by Crippen LogP contribution is 2.35. The quantitative estimate of drug-likeness (QED) is 0.147. The molecular weight excluding hydrogens is 627 g/mol. The van der Waals surface area contributed by atoms with E-state index >= 15 is 0 Å². The van der Waals surface area contributed by atoms with E-state index in [2.05, 4.69) is 55.5 Å². The molecule has 2 N–H and O–H groups in total. The zero-order chi connectivity index (χ0) is 33.1. The van der Waals surface area contributed by atoms with Crippen molar-refractivity contribution in [1.29, 1.82) is 0 Å². The third kappa shape index (κ3) is 8.48. The van der Waals surface area contributed by atoms with E-state index < -0.39 is 21.8 Å². The molecule has 0 fully saturated rings. The van der Waals surface area contributed by atoms with Crippen LogP contribution in [0.1, 0.15) is 59.4 Å². The number of rotatable bonds is 10. The first kappa shape index (κ1) is 33.1. The van der Waals surface area contributed by atoms with Gasteiger partial charge in [0.15, 0.2) is 5.76 Å². The maximum absolute atomic E-state index is 13.5. The van der Waals surface area contributed by atoms with Gasteiger partial charge >= 0.3 is 0 Å². The summed E-state index contributed by atoms with van der Waals surface area (Å²) in [4.78, 5) is 12.5. The highest BCUT2D eigenvalue weighted by atomic mass is 35.5. The van der Waals surface area contributed by atoms with E-state index in [1.807, 2.05) is 30.3 Å². The Morgan fingerprint density at radius 3 is 2.20 bits per heavy atom. The number of hydrogen-bond donors (Lipinski definition) is 2. The summed E-state index contributed by atoms with van der Waals surface area (Å²) in [6.07, 6.45) is 0.557. The van der Waals surface area contributed by atoms with Crippen LogP contribution in [-0.2, 0) is 22.0 Å². The van der Waals surface area contributed by atoms with E-state index in [0.29, 0.717) is 28.5 Å². The van der Waals surface area contributed by atoms with Gasteiger partial charge in [-0.3, -0.25) is 9.35 Å². The van der Waals surface area contributed by atoms with Crippen LogP contribution in [0.15, 0.2) is 102 Å². The summed E-state index contributed by atoms with van der Waals surface area (Å²) in [6, 6.07) is 29.1. The lowest BCUT2D eigenvalue weighted by Crippen LogP contribution is -2.28. The Labute approximate surface area is 273 Å². The average molecular weight is 661 g/mol. The molecule has 238 valence electrons. The molecule has 4 aromatic carbocycles. The summed E-state index contributed by atoms with van der Waals surface area (Å²) in [5, 5.41) is 7.48. The van der Waals surface area contributed by atoms with Crippen molar-refractivity contribution in [3.05, 3.63) is 136 Å². The van der Waals surface area contributed by atoms with Gasteiger partial charge in [-0.1, -0.05) is 86.1 Å². The molecule has 10 heteroatoms. The standard InChI is InChI=1S/C36H34ClFN2O5S/c1-36(2,3)29-12-8-25(9-13-29)32(18-23-4-6-26(7-5-23)35(41)39-16-17-46(42,43)44)33-22-34(45-40-33)28-19-27(20-30(37)21-28)24-10-14-31(38)15-11-24/h4-15,19-22,32H,16-18H2,1-3H3,(H,39,41)(H,42,43,44). The number of benzene rings is 4. The van der Waals surface area contributed by atoms with Crippen LogP contribution in [0.25, 0.3) is 22.5 Å². The van der Waals surface area contributed by atoms with Gasteiger partial charge in [-0.15, -0.1) is 0 Å². The zero-order valence-corrected chi connectivity index (χ0v) is 27.2. The molecular formula is C36H34ClFN2O5S. The second-order valence-electron chi connectivity index (χ2n) is 12.2. The van der Waals surface area contributed by atoms with Crippen LogP contribution < -0.4 is 5.32 Å². The molecule has 7 nitrogen and oxygen atoms in total. The Balaban J connectivity index is 1.43. The van der Waals surface area contributed by atoms with E-state index in [-0.39, 0.29) is 23.7 Å². The molecule has 0 saturated heterocycles. The molecule has 1 unspecified atom stereocenters. The minimum absolute atomic E-state index is 0.0122. The van der Waals surface area contributed by atoms with E-state index in [1.54, 1.807) is 30.3 Å². The fourth-order valence-electron chi connectivity index (χ4n) is 5.16. The van der Waals surface area contributed by atoms with Gasteiger partial charge in [-0.05, 0) is 82.1 Å². The van der Waals surface area contributed by atoms with Crippen LogP contribution in [0.3, 0.4) is 0 Å². The summed E-state index contributed by atoms with van der Waals surface area (Å²) in [7, 11) is -4.17. The van der Waals surface area contributed by atoms with E-state index in [9.17, 15) is 17.6 Å². The molecule has 0 aliphatic carbocycles. The lowest BCUT2D eigenvalue weighted by molar-refractivity contribution is 0.0956. The Kier molecular flexibility index (Phi) is 9.76. The molecule has 1 aromatic heterocycles. The first-order chi connectivity index (χ1) is 21.7. The van der Waals surface area contributed by atoms with Crippen molar-refractivity contribution in [3.8, 4) is 22.5 Å². The van der Waals surface area contributed by atoms with Gasteiger partial charge < -0.3 is 9.84 Å². The van der Waals surface area contributed by atoms with Crippen molar-refractivity contribution in [3.63, 3.8) is 0 Å². The Morgan fingerprint density at radius 2 is 1.57 bits per heavy atom. The number of nitrogens with one attached hydrogen (secondary N) is 1. The van der Waals surface area contributed by atoms with Crippen LogP contribution >= 0.6 is 11.6 Å². The highest BCUT2D eigenvalue weighted by Gasteiger charge is 2.22. The molecule has 1 heterocycles. The van der Waals surface area contributed by atoms with E-state index in [1.165, 1.54) is 17.7 Å². The van der Waals surface area contributed by atoms with E-state index in [4.69, 9.17) is 20.7 Å². The predicted molar refractivity (Wildman–Crippen MR) is 178 cm³/mol. The van der Waals surface area contributed by atoms with Crippen molar-refractivity contribution >= 4 is 27.6 Å². The molecule has 1 amide bonds. The number of carbonyl (C=O) groups excluding carboxylic acids is 1. The maximum Gasteiger partial charge on any atom is 0.266 e. The first-order valence-electron chi connectivity index (χ1n) is 14.7. The van der Waals surface area contributed by atoms with Gasteiger partial charge in [0.25, 0.3) is 16.0 Å². The first-order valence-corrected chi connectivity index (χ1v) is 16.7. The number of amides is 1. The second-order valence-corrected chi connectivity index (χ2v) is 14.2. The third-order valence-corrected chi connectivity index (χ3v) is 8.66. The molecule has 5 rings (SSSR count). The lowest BCUT2D eigenvalue weighted by atomic mass is 9.83. The topological polar surface area (TPSA) is 110 Å². The molecule has 0 spiro atoms. The van der Waals surface area contributed by atoms with Crippen LogP contribution in [0.5, 0.6) is 0 Å². The number of hydrogen-bond acceptors (Lipinski definition) is 5. The number of halogens is 2. The van der Waals surface area contributed by atoms with Crippen molar-refractivity contribution in [2.75, 3.05) is 12.3 Å². The van der Waals surface area contributed by atoms with Crippen LogP contribution in [0.2, 0.25) is 5.02 Å². The molecule has 0 aliphatic rings. The van der Waals surface area contributed by atoms with Crippen molar-refractivity contribution in [2.45, 2.75) is 38.5 Å². The molecule has 0 aliphatic heterocycles. The summed E-state index contributed by atoms with van der Waals surface area (Å²) < 4.78 is 50.2. The number of aromatic nitrogens is 1. The number of nitrogens with zero attached hydrogens (tertiary/aromatic N) is 1. The molecule has 0 saturated carbocycles. The molecule has 0 bridgehead atoms. The van der Waals surface area contributed by atoms with Crippen molar-refractivity contribution in [2.24, 2.45) is 0 Å². The Morgan fingerprint density at radius 1 is 0.913 bits per heavy atom. The summed E-state index contributed by atoms with van der Waals surface area (Å²) >= 11 is 6.49. The summed E-state index contributed by atoms with van der Waals surface area (Å²) in [5.41, 5.74) is 6.63. The molecule has 0 radical (unpaired) electrons. The van der Waals surface area contributed by atoms with Gasteiger partial charge in [0, 0.05) is 34.7 Å². The SMILES string of the molecule is CC(C)(C)c1ccc(C(Cc2ccc(C(=O)NCCS(=O)(=O)O)cc2)c2cc(-c3cc(Cl)cc(-c4ccc(F)cc4)c3)on2)cc1. The lowest BCUT2D eigenvalue weighted by Gasteiger charge is -2.21.